The smallest absolute Gasteiger partial charge is 0.214 e. The zero-order chi connectivity index (χ0) is 16.0. The maximum Gasteiger partial charge on any atom is 0.214 e. The molecule has 1 aromatic rings. The summed E-state index contributed by atoms with van der Waals surface area (Å²) >= 11 is 0. The lowest BCUT2D eigenvalue weighted by atomic mass is 9.94. The third kappa shape index (κ3) is 4.46. The van der Waals surface area contributed by atoms with Gasteiger partial charge in [0.15, 0.2) is 0 Å². The van der Waals surface area contributed by atoms with Gasteiger partial charge in [-0.05, 0) is 42.9 Å². The first-order valence-corrected chi connectivity index (χ1v) is 9.79. The largest absolute Gasteiger partial charge is 0.497 e. The molecule has 0 spiro atoms. The zero-order valence-corrected chi connectivity index (χ0v) is 14.4. The summed E-state index contributed by atoms with van der Waals surface area (Å²) in [6.07, 6.45) is 4.74. The maximum atomic E-state index is 12.5. The highest BCUT2D eigenvalue weighted by atomic mass is 32.2. The summed E-state index contributed by atoms with van der Waals surface area (Å²) in [5, 5.41) is 0. The molecule has 1 fully saturated rings. The lowest BCUT2D eigenvalue weighted by molar-refractivity contribution is 0.403. The van der Waals surface area contributed by atoms with Crippen molar-refractivity contribution >= 4 is 10.0 Å². The number of hydrogen-bond donors (Lipinski definition) is 0. The van der Waals surface area contributed by atoms with Crippen molar-refractivity contribution in [1.82, 2.24) is 4.31 Å². The van der Waals surface area contributed by atoms with Crippen LogP contribution in [0.15, 0.2) is 24.3 Å². The Morgan fingerprint density at radius 2 is 1.95 bits per heavy atom. The minimum atomic E-state index is -3.11. The van der Waals surface area contributed by atoms with Gasteiger partial charge in [0.1, 0.15) is 5.75 Å². The number of unbranched alkanes of at least 4 members (excludes halogenated alkanes) is 1. The van der Waals surface area contributed by atoms with Crippen molar-refractivity contribution in [1.29, 1.82) is 0 Å². The van der Waals surface area contributed by atoms with Crippen molar-refractivity contribution in [3.63, 3.8) is 0 Å². The second-order valence-corrected chi connectivity index (χ2v) is 8.08. The molecule has 22 heavy (non-hydrogen) atoms. The molecule has 1 heterocycles. The molecule has 0 bridgehead atoms. The first-order chi connectivity index (χ1) is 10.6. The second kappa shape index (κ2) is 7.97. The average molecular weight is 325 g/mol. The van der Waals surface area contributed by atoms with E-state index >= 15 is 0 Å². The van der Waals surface area contributed by atoms with Gasteiger partial charge in [-0.15, -0.1) is 0 Å². The molecule has 0 amide bonds. The Kier molecular flexibility index (Phi) is 6.26. The van der Waals surface area contributed by atoms with Crippen molar-refractivity contribution < 1.29 is 13.2 Å². The van der Waals surface area contributed by atoms with Gasteiger partial charge in [0.05, 0.1) is 12.9 Å². The van der Waals surface area contributed by atoms with E-state index in [9.17, 15) is 8.42 Å². The minimum absolute atomic E-state index is 0.277. The molecule has 1 aliphatic rings. The number of ether oxygens (including phenoxy) is 1. The Balaban J connectivity index is 2.12. The summed E-state index contributed by atoms with van der Waals surface area (Å²) in [7, 11) is -1.46. The summed E-state index contributed by atoms with van der Waals surface area (Å²) in [5.74, 6) is 1.40. The summed E-state index contributed by atoms with van der Waals surface area (Å²) in [5.41, 5.74) is 1.21. The molecule has 0 aliphatic carbocycles. The van der Waals surface area contributed by atoms with Crippen LogP contribution in [0.1, 0.15) is 50.5 Å². The highest BCUT2D eigenvalue weighted by molar-refractivity contribution is 7.89. The van der Waals surface area contributed by atoms with Crippen molar-refractivity contribution in [3.05, 3.63) is 29.8 Å². The Labute approximate surface area is 134 Å². The van der Waals surface area contributed by atoms with E-state index in [0.29, 0.717) is 13.1 Å². The fourth-order valence-corrected chi connectivity index (χ4v) is 4.69. The van der Waals surface area contributed by atoms with Crippen molar-refractivity contribution in [2.45, 2.75) is 44.9 Å². The molecule has 1 saturated heterocycles. The molecule has 0 radical (unpaired) electrons. The molecule has 2 rings (SSSR count). The van der Waals surface area contributed by atoms with Crippen LogP contribution in [-0.2, 0) is 10.0 Å². The Hall–Kier alpha value is -1.07. The lowest BCUT2D eigenvalue weighted by Crippen LogP contribution is -2.35. The number of sulfonamides is 1. The van der Waals surface area contributed by atoms with Crippen molar-refractivity contribution in [2.24, 2.45) is 0 Å². The van der Waals surface area contributed by atoms with Crippen LogP contribution < -0.4 is 4.74 Å². The zero-order valence-electron chi connectivity index (χ0n) is 13.6. The number of benzene rings is 1. The third-order valence-corrected chi connectivity index (χ3v) is 6.29. The van der Waals surface area contributed by atoms with E-state index in [1.165, 1.54) is 5.56 Å². The van der Waals surface area contributed by atoms with E-state index in [2.05, 4.69) is 12.1 Å². The SMILES string of the molecule is CCCCS(=O)(=O)N1CCCCC(c2ccc(OC)cc2)C1. The lowest BCUT2D eigenvalue weighted by Gasteiger charge is -2.24. The van der Waals surface area contributed by atoms with Gasteiger partial charge < -0.3 is 4.74 Å². The van der Waals surface area contributed by atoms with Gasteiger partial charge in [-0.3, -0.25) is 0 Å². The Morgan fingerprint density at radius 3 is 2.59 bits per heavy atom. The van der Waals surface area contributed by atoms with Crippen molar-refractivity contribution in [2.75, 3.05) is 26.0 Å². The highest BCUT2D eigenvalue weighted by Crippen LogP contribution is 2.29. The topological polar surface area (TPSA) is 46.6 Å². The molecule has 1 atom stereocenters. The fraction of sp³-hybridized carbons (Fsp3) is 0.647. The van der Waals surface area contributed by atoms with Crippen LogP contribution in [-0.4, -0.2) is 38.7 Å². The van der Waals surface area contributed by atoms with E-state index in [1.807, 2.05) is 19.1 Å². The third-order valence-electron chi connectivity index (χ3n) is 4.37. The monoisotopic (exact) mass is 325 g/mol. The van der Waals surface area contributed by atoms with Crippen molar-refractivity contribution in [3.8, 4) is 5.75 Å². The predicted octanol–water partition coefficient (Wildman–Crippen LogP) is 3.39. The molecule has 1 aromatic carbocycles. The Bertz CT molecular complexity index is 554. The first-order valence-electron chi connectivity index (χ1n) is 8.18. The van der Waals surface area contributed by atoms with Gasteiger partial charge in [-0.2, -0.15) is 0 Å². The summed E-state index contributed by atoms with van der Waals surface area (Å²) in [4.78, 5) is 0. The normalized spacial score (nSPS) is 20.5. The molecule has 124 valence electrons. The number of nitrogens with zero attached hydrogens (tertiary/aromatic N) is 1. The highest BCUT2D eigenvalue weighted by Gasteiger charge is 2.27. The molecule has 1 unspecified atom stereocenters. The average Bonchev–Trinajstić information content (AvgIpc) is 2.80. The van der Waals surface area contributed by atoms with Crippen LogP contribution in [0.2, 0.25) is 0 Å². The molecule has 4 nitrogen and oxygen atoms in total. The number of hydrogen-bond acceptors (Lipinski definition) is 3. The Morgan fingerprint density at radius 1 is 1.23 bits per heavy atom. The van der Waals surface area contributed by atoms with Crippen LogP contribution in [0.3, 0.4) is 0 Å². The van der Waals surface area contributed by atoms with E-state index in [0.717, 1.165) is 37.9 Å². The van der Waals surface area contributed by atoms with Crippen LogP contribution in [0.25, 0.3) is 0 Å². The van der Waals surface area contributed by atoms with E-state index < -0.39 is 10.0 Å². The molecule has 5 heteroatoms. The number of rotatable bonds is 6. The second-order valence-electron chi connectivity index (χ2n) is 5.99. The standard InChI is InChI=1S/C17H27NO3S/c1-3-4-13-22(19,20)18-12-6-5-7-16(14-18)15-8-10-17(21-2)11-9-15/h8-11,16H,3-7,12-14H2,1-2H3. The van der Waals surface area contributed by atoms with Gasteiger partial charge in [0.2, 0.25) is 10.0 Å². The van der Waals surface area contributed by atoms with E-state index in [4.69, 9.17) is 4.74 Å². The van der Waals surface area contributed by atoms with Gasteiger partial charge in [0.25, 0.3) is 0 Å². The number of methoxy groups -OCH3 is 1. The summed E-state index contributed by atoms with van der Waals surface area (Å²) < 4.78 is 31.9. The van der Waals surface area contributed by atoms with Crippen LogP contribution in [0.5, 0.6) is 5.75 Å². The summed E-state index contributed by atoms with van der Waals surface area (Å²) in [6, 6.07) is 8.03. The van der Waals surface area contributed by atoms with E-state index in [-0.39, 0.29) is 11.7 Å². The van der Waals surface area contributed by atoms with Crippen LogP contribution in [0, 0.1) is 0 Å². The predicted molar refractivity (Wildman–Crippen MR) is 89.9 cm³/mol. The maximum absolute atomic E-state index is 12.5. The first kappa shape index (κ1) is 17.3. The molecule has 0 saturated carbocycles. The molecular formula is C17H27NO3S. The quantitative estimate of drug-likeness (QED) is 0.805. The minimum Gasteiger partial charge on any atom is -0.497 e. The summed E-state index contributed by atoms with van der Waals surface area (Å²) in [6.45, 7) is 3.30. The van der Waals surface area contributed by atoms with Gasteiger partial charge >= 0.3 is 0 Å². The van der Waals surface area contributed by atoms with Crippen LogP contribution >= 0.6 is 0 Å². The molecule has 0 aromatic heterocycles. The van der Waals surface area contributed by atoms with E-state index in [1.54, 1.807) is 11.4 Å². The molecule has 1 aliphatic heterocycles. The fourth-order valence-electron chi connectivity index (χ4n) is 2.96. The molecular weight excluding hydrogens is 298 g/mol. The molecule has 0 N–H and O–H groups in total. The van der Waals surface area contributed by atoms with Gasteiger partial charge in [-0.1, -0.05) is 31.9 Å². The van der Waals surface area contributed by atoms with Gasteiger partial charge in [0, 0.05) is 13.1 Å². The van der Waals surface area contributed by atoms with Gasteiger partial charge in [-0.25, -0.2) is 12.7 Å². The van der Waals surface area contributed by atoms with Crippen LogP contribution in [0.4, 0.5) is 0 Å².